The third-order valence-electron chi connectivity index (χ3n) is 7.20. The summed E-state index contributed by atoms with van der Waals surface area (Å²) in [4.78, 5) is 24.2. The summed E-state index contributed by atoms with van der Waals surface area (Å²) in [5.74, 6) is -0.972. The molecule has 0 radical (unpaired) electrons. The minimum absolute atomic E-state index is 0.0425. The number of amides is 1. The molecule has 0 aliphatic heterocycles. The number of hydrogen-bond acceptors (Lipinski definition) is 6. The van der Waals surface area contributed by atoms with Gasteiger partial charge in [0.15, 0.2) is 0 Å². The van der Waals surface area contributed by atoms with E-state index in [1.807, 2.05) is 25.2 Å². The summed E-state index contributed by atoms with van der Waals surface area (Å²) in [6.45, 7) is 0.244. The number of methoxy groups -OCH3 is 1. The summed E-state index contributed by atoms with van der Waals surface area (Å²) in [5, 5.41) is 3.21. The van der Waals surface area contributed by atoms with E-state index in [4.69, 9.17) is 16.3 Å². The molecular formula is C28H27ClF2N4O2S. The van der Waals surface area contributed by atoms with E-state index in [1.54, 1.807) is 24.4 Å². The second-order valence-corrected chi connectivity index (χ2v) is 10.8. The molecule has 4 aromatic rings. The van der Waals surface area contributed by atoms with Crippen LogP contribution in [0.25, 0.3) is 21.2 Å². The highest BCUT2D eigenvalue weighted by Crippen LogP contribution is 2.40. The number of nitrogens with zero attached hydrogens (tertiary/aromatic N) is 3. The minimum atomic E-state index is -0.651. The molecule has 1 aliphatic carbocycles. The molecule has 10 heteroatoms. The van der Waals surface area contributed by atoms with Crippen LogP contribution < -0.4 is 10.1 Å². The molecule has 0 atom stereocenters. The van der Waals surface area contributed by atoms with E-state index < -0.39 is 11.6 Å². The number of benzene rings is 2. The van der Waals surface area contributed by atoms with Crippen LogP contribution >= 0.6 is 22.9 Å². The Morgan fingerprint density at radius 1 is 1.11 bits per heavy atom. The number of rotatable bonds is 7. The normalized spacial score (nSPS) is 17.5. The number of hydrogen-bond donors (Lipinski definition) is 1. The first-order valence-corrected chi connectivity index (χ1v) is 13.6. The summed E-state index contributed by atoms with van der Waals surface area (Å²) < 4.78 is 34.8. The van der Waals surface area contributed by atoms with Crippen molar-refractivity contribution in [3.05, 3.63) is 76.2 Å². The topological polar surface area (TPSA) is 67.3 Å². The predicted molar refractivity (Wildman–Crippen MR) is 146 cm³/mol. The van der Waals surface area contributed by atoms with Gasteiger partial charge in [-0.2, -0.15) is 0 Å². The van der Waals surface area contributed by atoms with Crippen LogP contribution in [0.1, 0.15) is 40.9 Å². The van der Waals surface area contributed by atoms with Crippen molar-refractivity contribution in [1.82, 2.24) is 20.2 Å². The number of thiophene rings is 1. The van der Waals surface area contributed by atoms with E-state index in [1.165, 1.54) is 6.33 Å². The fourth-order valence-electron chi connectivity index (χ4n) is 5.12. The van der Waals surface area contributed by atoms with Gasteiger partial charge in [-0.1, -0.05) is 17.7 Å². The molecule has 6 nitrogen and oxygen atoms in total. The molecule has 0 unspecified atom stereocenters. The third kappa shape index (κ3) is 5.10. The van der Waals surface area contributed by atoms with E-state index >= 15 is 0 Å². The zero-order valence-electron chi connectivity index (χ0n) is 21.0. The maximum atomic E-state index is 14.6. The monoisotopic (exact) mass is 556 g/mol. The van der Waals surface area contributed by atoms with Crippen molar-refractivity contribution >= 4 is 38.9 Å². The molecule has 1 N–H and O–H groups in total. The van der Waals surface area contributed by atoms with Gasteiger partial charge in [0.05, 0.1) is 22.2 Å². The summed E-state index contributed by atoms with van der Waals surface area (Å²) in [5.41, 5.74) is 2.52. The number of ether oxygens (including phenoxy) is 1. The van der Waals surface area contributed by atoms with Crippen LogP contribution in [0, 0.1) is 11.6 Å². The van der Waals surface area contributed by atoms with Crippen molar-refractivity contribution in [3.63, 3.8) is 0 Å². The Hall–Kier alpha value is -3.14. The number of halogens is 3. The Morgan fingerprint density at radius 2 is 1.82 bits per heavy atom. The lowest BCUT2D eigenvalue weighted by molar-refractivity contribution is 0.0604. The van der Waals surface area contributed by atoms with Gasteiger partial charge < -0.3 is 15.0 Å². The second-order valence-electron chi connectivity index (χ2n) is 9.36. The number of carbonyl (C=O) groups is 1. The first-order valence-electron chi connectivity index (χ1n) is 12.4. The van der Waals surface area contributed by atoms with Crippen molar-refractivity contribution < 1.29 is 18.3 Å². The zero-order valence-corrected chi connectivity index (χ0v) is 22.6. The zero-order chi connectivity index (χ0) is 26.8. The highest BCUT2D eigenvalue weighted by atomic mass is 35.5. The molecule has 1 saturated carbocycles. The van der Waals surface area contributed by atoms with Gasteiger partial charge in [-0.25, -0.2) is 18.7 Å². The summed E-state index contributed by atoms with van der Waals surface area (Å²) in [6, 6.07) is 8.13. The molecule has 1 fully saturated rings. The molecule has 198 valence electrons. The van der Waals surface area contributed by atoms with Crippen LogP contribution in [0.2, 0.25) is 5.02 Å². The maximum absolute atomic E-state index is 14.6. The molecule has 1 amide bonds. The van der Waals surface area contributed by atoms with Crippen LogP contribution in [-0.4, -0.2) is 47.0 Å². The fourth-order valence-corrected chi connectivity index (χ4v) is 6.63. The molecule has 2 heterocycles. The van der Waals surface area contributed by atoms with E-state index in [0.29, 0.717) is 11.8 Å². The molecule has 0 spiro atoms. The van der Waals surface area contributed by atoms with Crippen molar-refractivity contribution in [2.75, 3.05) is 14.2 Å². The van der Waals surface area contributed by atoms with Gasteiger partial charge in [0.25, 0.3) is 5.91 Å². The van der Waals surface area contributed by atoms with Gasteiger partial charge in [0.1, 0.15) is 28.6 Å². The van der Waals surface area contributed by atoms with Gasteiger partial charge in [0, 0.05) is 42.1 Å². The number of nitrogens with one attached hydrogen (secondary N) is 1. The van der Waals surface area contributed by atoms with Crippen molar-refractivity contribution in [2.45, 2.75) is 44.3 Å². The molecule has 0 saturated heterocycles. The van der Waals surface area contributed by atoms with Gasteiger partial charge in [-0.05, 0) is 62.6 Å². The minimum Gasteiger partial charge on any atom is -0.496 e. The first-order chi connectivity index (χ1) is 18.4. The largest absolute Gasteiger partial charge is 0.496 e. The van der Waals surface area contributed by atoms with Gasteiger partial charge in [-0.15, -0.1) is 11.3 Å². The summed E-state index contributed by atoms with van der Waals surface area (Å²) in [6.07, 6.45) is 8.31. The predicted octanol–water partition coefficient (Wildman–Crippen LogP) is 6.47. The molecule has 38 heavy (non-hydrogen) atoms. The SMILES string of the molecule is CNC1CCC(N(Cc2cc(-c3cncnc3)ccc2OC)C(=O)c2sc3c(F)ccc(F)c3c2Cl)CC1. The molecular weight excluding hydrogens is 530 g/mol. The van der Waals surface area contributed by atoms with Crippen LogP contribution in [-0.2, 0) is 6.54 Å². The Bertz CT molecular complexity index is 1460. The molecule has 2 aromatic carbocycles. The van der Waals surface area contributed by atoms with Gasteiger partial charge in [0.2, 0.25) is 0 Å². The maximum Gasteiger partial charge on any atom is 0.266 e. The van der Waals surface area contributed by atoms with Crippen LogP contribution in [0.4, 0.5) is 8.78 Å². The molecule has 0 bridgehead atoms. The average Bonchev–Trinajstić information content (AvgIpc) is 3.32. The van der Waals surface area contributed by atoms with E-state index in [2.05, 4.69) is 15.3 Å². The number of carbonyl (C=O) groups excluding carboxylic acids is 1. The Balaban J connectivity index is 1.56. The fraction of sp³-hybridized carbons (Fsp3) is 0.321. The third-order valence-corrected chi connectivity index (χ3v) is 8.87. The van der Waals surface area contributed by atoms with E-state index in [9.17, 15) is 13.6 Å². The Kier molecular flexibility index (Phi) is 7.88. The van der Waals surface area contributed by atoms with Crippen molar-refractivity contribution in [2.24, 2.45) is 0 Å². The summed E-state index contributed by atoms with van der Waals surface area (Å²) >= 11 is 7.42. The van der Waals surface area contributed by atoms with Crippen LogP contribution in [0.3, 0.4) is 0 Å². The molecule has 5 rings (SSSR count). The van der Waals surface area contributed by atoms with Crippen molar-refractivity contribution in [1.29, 1.82) is 0 Å². The first kappa shape index (κ1) is 26.5. The second kappa shape index (κ2) is 11.3. The molecule has 2 aromatic heterocycles. The summed E-state index contributed by atoms with van der Waals surface area (Å²) in [7, 11) is 3.53. The quantitative estimate of drug-likeness (QED) is 0.282. The number of fused-ring (bicyclic) bond motifs is 1. The lowest BCUT2D eigenvalue weighted by atomic mass is 9.89. The number of aromatic nitrogens is 2. The molecule has 1 aliphatic rings. The smallest absolute Gasteiger partial charge is 0.266 e. The van der Waals surface area contributed by atoms with E-state index in [-0.39, 0.29) is 38.5 Å². The van der Waals surface area contributed by atoms with Crippen LogP contribution in [0.5, 0.6) is 5.75 Å². The van der Waals surface area contributed by atoms with Gasteiger partial charge in [-0.3, -0.25) is 4.79 Å². The highest BCUT2D eigenvalue weighted by molar-refractivity contribution is 7.21. The lowest BCUT2D eigenvalue weighted by Gasteiger charge is -2.37. The Morgan fingerprint density at radius 3 is 2.47 bits per heavy atom. The van der Waals surface area contributed by atoms with Crippen LogP contribution in [0.15, 0.2) is 49.1 Å². The van der Waals surface area contributed by atoms with E-state index in [0.717, 1.165) is 65.8 Å². The Labute approximate surface area is 228 Å². The van der Waals surface area contributed by atoms with Gasteiger partial charge >= 0.3 is 0 Å². The van der Waals surface area contributed by atoms with Crippen molar-refractivity contribution in [3.8, 4) is 16.9 Å². The highest BCUT2D eigenvalue weighted by Gasteiger charge is 2.33. The average molecular weight is 557 g/mol. The standard InChI is InChI=1S/C28H27ClF2N4O2S/c1-32-19-4-6-20(7-5-19)35(28(36)27-25(29)24-21(30)8-9-22(31)26(24)38-27)14-17-11-16(3-10-23(17)37-2)18-12-33-15-34-13-18/h3,8-13,15,19-20,32H,4-7,14H2,1-2H3. The lowest BCUT2D eigenvalue weighted by Crippen LogP contribution is -2.44.